The maximum absolute atomic E-state index is 9.79. The van der Waals surface area contributed by atoms with Crippen LogP contribution in [0, 0.1) is 0 Å². The Labute approximate surface area is 49.1 Å². The molecule has 0 aromatic rings. The van der Waals surface area contributed by atoms with Gasteiger partial charge in [0.1, 0.15) is 0 Å². The van der Waals surface area contributed by atoms with Gasteiger partial charge in [0.25, 0.3) is 0 Å². The Morgan fingerprint density at radius 2 is 2.29 bits per heavy atom. The lowest BCUT2D eigenvalue weighted by Crippen LogP contribution is -1.83. The summed E-state index contributed by atoms with van der Waals surface area (Å²) in [5.74, 6) is 2.18. The number of rotatable bonds is 4. The van der Waals surface area contributed by atoms with Crippen LogP contribution in [-0.4, -0.2) is 18.1 Å². The number of hydrogen-bond donors (Lipinski definition) is 0. The van der Waals surface area contributed by atoms with E-state index in [2.05, 4.69) is 6.92 Å². The summed E-state index contributed by atoms with van der Waals surface area (Å²) in [5, 5.41) is 9.79. The summed E-state index contributed by atoms with van der Waals surface area (Å²) in [4.78, 5) is 0. The molecule has 0 fully saturated rings. The van der Waals surface area contributed by atoms with E-state index >= 15 is 0 Å². The second-order valence-corrected chi connectivity index (χ2v) is 2.65. The maximum Gasteiger partial charge on any atom is 0.0830 e. The van der Waals surface area contributed by atoms with Gasteiger partial charge < -0.3 is 0 Å². The van der Waals surface area contributed by atoms with Crippen LogP contribution in [0.25, 0.3) is 0 Å². The quantitative estimate of drug-likeness (QED) is 0.514. The zero-order chi connectivity index (χ0) is 5.54. The van der Waals surface area contributed by atoms with Crippen molar-refractivity contribution in [2.75, 3.05) is 18.1 Å². The molecule has 0 saturated heterocycles. The lowest BCUT2D eigenvalue weighted by atomic mass is 10.5. The predicted molar refractivity (Wildman–Crippen MR) is 33.2 cm³/mol. The van der Waals surface area contributed by atoms with Gasteiger partial charge in [-0.25, -0.2) is 5.11 Å². The van der Waals surface area contributed by atoms with Gasteiger partial charge in [0.05, 0.1) is 6.61 Å². The van der Waals surface area contributed by atoms with E-state index in [1.54, 1.807) is 0 Å². The molecule has 43 valence electrons. The van der Waals surface area contributed by atoms with E-state index in [4.69, 9.17) is 0 Å². The van der Waals surface area contributed by atoms with E-state index in [1.807, 2.05) is 11.8 Å². The Morgan fingerprint density at radius 1 is 1.57 bits per heavy atom. The van der Waals surface area contributed by atoms with Crippen molar-refractivity contribution in [2.45, 2.75) is 13.3 Å². The van der Waals surface area contributed by atoms with Crippen molar-refractivity contribution in [3.8, 4) is 0 Å². The molecule has 0 atom stereocenters. The van der Waals surface area contributed by atoms with Gasteiger partial charge in [-0.2, -0.15) is 11.8 Å². The van der Waals surface area contributed by atoms with Crippen LogP contribution in [-0.2, 0) is 5.11 Å². The molecule has 0 heterocycles. The first-order valence-electron chi connectivity index (χ1n) is 2.57. The first kappa shape index (κ1) is 7.31. The monoisotopic (exact) mass is 119 g/mol. The average molecular weight is 119 g/mol. The van der Waals surface area contributed by atoms with Gasteiger partial charge in [-0.1, -0.05) is 6.92 Å². The lowest BCUT2D eigenvalue weighted by Gasteiger charge is -1.89. The van der Waals surface area contributed by atoms with Crippen LogP contribution < -0.4 is 0 Å². The number of hydrogen-bond acceptors (Lipinski definition) is 1. The highest BCUT2D eigenvalue weighted by Gasteiger charge is 1.81. The van der Waals surface area contributed by atoms with Crippen molar-refractivity contribution in [1.82, 2.24) is 0 Å². The molecule has 0 aliphatic heterocycles. The van der Waals surface area contributed by atoms with Crippen molar-refractivity contribution >= 4 is 11.8 Å². The Hall–Kier alpha value is 0.310. The molecular formula is C5H11OS. The van der Waals surface area contributed by atoms with Crippen LogP contribution >= 0.6 is 11.8 Å². The molecule has 0 amide bonds. The average Bonchev–Trinajstić information content (AvgIpc) is 1.69. The topological polar surface area (TPSA) is 19.9 Å². The largest absolute Gasteiger partial charge is 0.237 e. The van der Waals surface area contributed by atoms with E-state index in [0.717, 1.165) is 17.9 Å². The molecule has 0 saturated carbocycles. The predicted octanol–water partition coefficient (Wildman–Crippen LogP) is 1.56. The molecule has 0 aromatic carbocycles. The highest BCUT2D eigenvalue weighted by molar-refractivity contribution is 7.99. The van der Waals surface area contributed by atoms with Gasteiger partial charge in [-0.15, -0.1) is 0 Å². The van der Waals surface area contributed by atoms with Gasteiger partial charge in [0, 0.05) is 0 Å². The fourth-order valence-corrected chi connectivity index (χ4v) is 0.916. The SMILES string of the molecule is CCSCCC[O]. The fraction of sp³-hybridized carbons (Fsp3) is 1.00. The molecule has 0 aromatic heterocycles. The molecule has 0 aliphatic carbocycles. The third kappa shape index (κ3) is 6.31. The van der Waals surface area contributed by atoms with E-state index < -0.39 is 0 Å². The molecule has 1 radical (unpaired) electrons. The third-order valence-electron chi connectivity index (χ3n) is 0.637. The molecular weight excluding hydrogens is 108 g/mol. The van der Waals surface area contributed by atoms with Crippen molar-refractivity contribution in [3.63, 3.8) is 0 Å². The van der Waals surface area contributed by atoms with E-state index in [1.165, 1.54) is 0 Å². The second kappa shape index (κ2) is 6.31. The molecule has 2 heteroatoms. The summed E-state index contributed by atoms with van der Waals surface area (Å²) in [6, 6.07) is 0. The zero-order valence-corrected chi connectivity index (χ0v) is 5.46. The van der Waals surface area contributed by atoms with E-state index in [9.17, 15) is 5.11 Å². The van der Waals surface area contributed by atoms with Crippen LogP contribution in [0.2, 0.25) is 0 Å². The Morgan fingerprint density at radius 3 is 2.71 bits per heavy atom. The molecule has 0 bridgehead atoms. The molecule has 0 rings (SSSR count). The lowest BCUT2D eigenvalue weighted by molar-refractivity contribution is 0.194. The van der Waals surface area contributed by atoms with Crippen molar-refractivity contribution in [2.24, 2.45) is 0 Å². The fourth-order valence-electron chi connectivity index (χ4n) is 0.305. The van der Waals surface area contributed by atoms with Crippen LogP contribution in [0.4, 0.5) is 0 Å². The van der Waals surface area contributed by atoms with Gasteiger partial charge in [-0.3, -0.25) is 0 Å². The Kier molecular flexibility index (Phi) is 6.59. The summed E-state index contributed by atoms with van der Waals surface area (Å²) >= 11 is 1.83. The highest BCUT2D eigenvalue weighted by atomic mass is 32.2. The van der Waals surface area contributed by atoms with Crippen molar-refractivity contribution < 1.29 is 5.11 Å². The standard InChI is InChI=1S/C5H11OS/c1-2-7-5-3-4-6/h2-5H2,1H3. The van der Waals surface area contributed by atoms with Crippen molar-refractivity contribution in [3.05, 3.63) is 0 Å². The van der Waals surface area contributed by atoms with Gasteiger partial charge >= 0.3 is 0 Å². The molecule has 1 nitrogen and oxygen atoms in total. The summed E-state index contributed by atoms with van der Waals surface area (Å²) in [6.45, 7) is 2.20. The van der Waals surface area contributed by atoms with Gasteiger partial charge in [0.2, 0.25) is 0 Å². The number of thioether (sulfide) groups is 1. The first-order chi connectivity index (χ1) is 3.41. The van der Waals surface area contributed by atoms with Crippen LogP contribution in [0.1, 0.15) is 13.3 Å². The smallest absolute Gasteiger partial charge is 0.0830 e. The molecule has 0 unspecified atom stereocenters. The minimum absolute atomic E-state index is 0.0903. The van der Waals surface area contributed by atoms with Crippen LogP contribution in [0.15, 0.2) is 0 Å². The molecule has 0 spiro atoms. The molecule has 7 heavy (non-hydrogen) atoms. The maximum atomic E-state index is 9.79. The Balaban J connectivity index is 2.45. The summed E-state index contributed by atoms with van der Waals surface area (Å²) in [7, 11) is 0. The minimum atomic E-state index is 0.0903. The second-order valence-electron chi connectivity index (χ2n) is 1.25. The summed E-state index contributed by atoms with van der Waals surface area (Å²) in [6.07, 6.45) is 0.832. The minimum Gasteiger partial charge on any atom is -0.237 e. The third-order valence-corrected chi connectivity index (χ3v) is 1.62. The molecule has 0 aliphatic rings. The van der Waals surface area contributed by atoms with Gasteiger partial charge in [0.15, 0.2) is 0 Å². The normalized spacial score (nSPS) is 9.43. The Bertz CT molecular complexity index is 27.3. The van der Waals surface area contributed by atoms with Crippen LogP contribution in [0.5, 0.6) is 0 Å². The highest BCUT2D eigenvalue weighted by Crippen LogP contribution is 1.98. The summed E-state index contributed by atoms with van der Waals surface area (Å²) in [5.41, 5.74) is 0. The summed E-state index contributed by atoms with van der Waals surface area (Å²) < 4.78 is 0. The zero-order valence-electron chi connectivity index (χ0n) is 4.64. The molecule has 0 N–H and O–H groups in total. The van der Waals surface area contributed by atoms with Crippen LogP contribution in [0.3, 0.4) is 0 Å². The van der Waals surface area contributed by atoms with Crippen molar-refractivity contribution in [1.29, 1.82) is 0 Å². The van der Waals surface area contributed by atoms with E-state index in [-0.39, 0.29) is 6.61 Å². The van der Waals surface area contributed by atoms with Gasteiger partial charge in [-0.05, 0) is 17.9 Å². The van der Waals surface area contributed by atoms with E-state index in [0.29, 0.717) is 0 Å². The first-order valence-corrected chi connectivity index (χ1v) is 3.73.